The summed E-state index contributed by atoms with van der Waals surface area (Å²) in [5, 5.41) is 3.03. The molecule has 0 atom stereocenters. The van der Waals surface area contributed by atoms with Crippen molar-refractivity contribution in [2.24, 2.45) is 0 Å². The maximum absolute atomic E-state index is 5.30. The lowest BCUT2D eigenvalue weighted by atomic mass is 10.3. The van der Waals surface area contributed by atoms with Gasteiger partial charge in [-0.05, 0) is 12.1 Å². The van der Waals surface area contributed by atoms with E-state index >= 15 is 0 Å². The fourth-order valence-corrected chi connectivity index (χ4v) is 1.03. The SMILES string of the molecule is C1=C\O/C=C\Oc2ccccc2N/1. The Bertz CT molecular complexity index is 312. The van der Waals surface area contributed by atoms with Gasteiger partial charge in [-0.2, -0.15) is 0 Å². The molecule has 0 amide bonds. The molecule has 2 rings (SSSR count). The zero-order valence-electron chi connectivity index (χ0n) is 6.94. The van der Waals surface area contributed by atoms with Crippen LogP contribution in [0.4, 0.5) is 5.69 Å². The first-order valence-electron chi connectivity index (χ1n) is 3.94. The van der Waals surface area contributed by atoms with Gasteiger partial charge in [0.05, 0.1) is 5.69 Å². The lowest BCUT2D eigenvalue weighted by Crippen LogP contribution is -1.90. The molecule has 13 heavy (non-hydrogen) atoms. The zero-order chi connectivity index (χ0) is 8.93. The Kier molecular flexibility index (Phi) is 2.18. The molecule has 0 bridgehead atoms. The molecule has 1 aromatic rings. The van der Waals surface area contributed by atoms with E-state index in [1.165, 1.54) is 12.5 Å². The molecule has 0 aliphatic carbocycles. The third kappa shape index (κ3) is 1.82. The van der Waals surface area contributed by atoms with Gasteiger partial charge in [-0.1, -0.05) is 12.1 Å². The lowest BCUT2D eigenvalue weighted by molar-refractivity contribution is 0.374. The van der Waals surface area contributed by atoms with Crippen LogP contribution in [0.1, 0.15) is 0 Å². The Morgan fingerprint density at radius 1 is 1.00 bits per heavy atom. The predicted molar refractivity (Wildman–Crippen MR) is 50.1 cm³/mol. The average Bonchev–Trinajstić information content (AvgIpc) is 2.28. The molecule has 3 nitrogen and oxygen atoms in total. The van der Waals surface area contributed by atoms with Crippen LogP contribution in [0.5, 0.6) is 5.75 Å². The highest BCUT2D eigenvalue weighted by atomic mass is 16.5. The molecule has 0 fully saturated rings. The summed E-state index contributed by atoms with van der Waals surface area (Å²) in [5.74, 6) is 0.772. The lowest BCUT2D eigenvalue weighted by Gasteiger charge is -2.05. The van der Waals surface area contributed by atoms with Crippen LogP contribution in [-0.4, -0.2) is 0 Å². The maximum Gasteiger partial charge on any atom is 0.150 e. The van der Waals surface area contributed by atoms with Crippen LogP contribution in [0.3, 0.4) is 0 Å². The van der Waals surface area contributed by atoms with Crippen molar-refractivity contribution in [1.29, 1.82) is 0 Å². The number of hydrogen-bond donors (Lipinski definition) is 1. The minimum atomic E-state index is 0.772. The third-order valence-electron chi connectivity index (χ3n) is 1.60. The fraction of sp³-hybridized carbons (Fsp3) is 0. The van der Waals surface area contributed by atoms with Crippen molar-refractivity contribution in [2.75, 3.05) is 5.32 Å². The number of benzene rings is 1. The van der Waals surface area contributed by atoms with E-state index in [0.29, 0.717) is 0 Å². The van der Waals surface area contributed by atoms with E-state index < -0.39 is 0 Å². The highest BCUT2D eigenvalue weighted by Crippen LogP contribution is 2.24. The number of para-hydroxylation sites is 2. The average molecular weight is 175 g/mol. The summed E-state index contributed by atoms with van der Waals surface area (Å²) >= 11 is 0. The van der Waals surface area contributed by atoms with Gasteiger partial charge >= 0.3 is 0 Å². The van der Waals surface area contributed by atoms with E-state index in [2.05, 4.69) is 5.32 Å². The van der Waals surface area contributed by atoms with Crippen LogP contribution in [0.2, 0.25) is 0 Å². The molecule has 3 heteroatoms. The summed E-state index contributed by atoms with van der Waals surface area (Å²) < 4.78 is 10.2. The van der Waals surface area contributed by atoms with Gasteiger partial charge in [-0.15, -0.1) is 0 Å². The molecule has 0 aromatic heterocycles. The van der Waals surface area contributed by atoms with Gasteiger partial charge in [0, 0.05) is 6.20 Å². The molecule has 1 aliphatic heterocycles. The molecule has 66 valence electrons. The highest BCUT2D eigenvalue weighted by molar-refractivity contribution is 5.57. The molecule has 1 aromatic carbocycles. The zero-order valence-corrected chi connectivity index (χ0v) is 6.94. The van der Waals surface area contributed by atoms with Gasteiger partial charge in [0.25, 0.3) is 0 Å². The summed E-state index contributed by atoms with van der Waals surface area (Å²) in [5.41, 5.74) is 0.911. The standard InChI is InChI=1S/C10H9NO2/c1-2-4-10-9(3-1)11-5-6-12-7-8-13-10/h1-8,11H/b6-5-,8-7-. The van der Waals surface area contributed by atoms with E-state index in [0.717, 1.165) is 11.4 Å². The summed E-state index contributed by atoms with van der Waals surface area (Å²) in [7, 11) is 0. The van der Waals surface area contributed by atoms with Gasteiger partial charge < -0.3 is 14.8 Å². The molecule has 0 saturated heterocycles. The first-order valence-corrected chi connectivity index (χ1v) is 3.94. The van der Waals surface area contributed by atoms with Gasteiger partial charge in [0.15, 0.2) is 0 Å². The van der Waals surface area contributed by atoms with Gasteiger partial charge in [0.1, 0.15) is 24.5 Å². The Morgan fingerprint density at radius 2 is 1.92 bits per heavy atom. The molecule has 1 heterocycles. The number of anilines is 1. The minimum Gasteiger partial charge on any atom is -0.468 e. The second kappa shape index (κ2) is 3.67. The molecule has 0 saturated carbocycles. The Balaban J connectivity index is 2.34. The van der Waals surface area contributed by atoms with Crippen LogP contribution < -0.4 is 10.1 Å². The Labute approximate surface area is 76.3 Å². The number of ether oxygens (including phenoxy) is 2. The number of fused-ring (bicyclic) bond motifs is 1. The largest absolute Gasteiger partial charge is 0.468 e. The van der Waals surface area contributed by atoms with Crippen molar-refractivity contribution >= 4 is 5.69 Å². The Hall–Kier alpha value is -1.90. The number of nitrogens with one attached hydrogen (secondary N) is 1. The molecule has 0 spiro atoms. The van der Waals surface area contributed by atoms with Crippen LogP contribution in [0.15, 0.2) is 49.3 Å². The molecular formula is C10H9NO2. The van der Waals surface area contributed by atoms with Crippen molar-refractivity contribution in [3.63, 3.8) is 0 Å². The monoisotopic (exact) mass is 175 g/mol. The molecule has 0 radical (unpaired) electrons. The first kappa shape index (κ1) is 7.73. The quantitative estimate of drug-likeness (QED) is 0.657. The second-order valence-electron chi connectivity index (χ2n) is 2.47. The van der Waals surface area contributed by atoms with Crippen molar-refractivity contribution in [3.05, 3.63) is 49.3 Å². The smallest absolute Gasteiger partial charge is 0.150 e. The van der Waals surface area contributed by atoms with Gasteiger partial charge in [0.2, 0.25) is 0 Å². The first-order chi connectivity index (χ1) is 6.47. The summed E-state index contributed by atoms with van der Waals surface area (Å²) in [6.45, 7) is 0. The minimum absolute atomic E-state index is 0.772. The molecule has 1 aliphatic rings. The molecular weight excluding hydrogens is 166 g/mol. The normalized spacial score (nSPS) is 18.8. The van der Waals surface area contributed by atoms with Crippen LogP contribution in [0, 0.1) is 0 Å². The number of hydrogen-bond acceptors (Lipinski definition) is 3. The third-order valence-corrected chi connectivity index (χ3v) is 1.60. The second-order valence-corrected chi connectivity index (χ2v) is 2.47. The van der Waals surface area contributed by atoms with Crippen molar-refractivity contribution in [2.45, 2.75) is 0 Å². The van der Waals surface area contributed by atoms with E-state index in [1.807, 2.05) is 24.3 Å². The summed E-state index contributed by atoms with van der Waals surface area (Å²) in [6.07, 6.45) is 6.22. The van der Waals surface area contributed by atoms with Crippen LogP contribution >= 0.6 is 0 Å². The molecule has 1 N–H and O–H groups in total. The van der Waals surface area contributed by atoms with Crippen molar-refractivity contribution in [1.82, 2.24) is 0 Å². The van der Waals surface area contributed by atoms with Crippen molar-refractivity contribution < 1.29 is 9.47 Å². The van der Waals surface area contributed by atoms with E-state index in [-0.39, 0.29) is 0 Å². The fourth-order valence-electron chi connectivity index (χ4n) is 1.03. The summed E-state index contributed by atoms with van der Waals surface area (Å²) in [4.78, 5) is 0. The Morgan fingerprint density at radius 3 is 2.92 bits per heavy atom. The van der Waals surface area contributed by atoms with E-state index in [1.54, 1.807) is 12.5 Å². The van der Waals surface area contributed by atoms with Gasteiger partial charge in [-0.25, -0.2) is 0 Å². The van der Waals surface area contributed by atoms with Crippen LogP contribution in [0.25, 0.3) is 0 Å². The van der Waals surface area contributed by atoms with E-state index in [9.17, 15) is 0 Å². The van der Waals surface area contributed by atoms with Crippen LogP contribution in [-0.2, 0) is 4.74 Å². The predicted octanol–water partition coefficient (Wildman–Crippen LogP) is 2.45. The number of rotatable bonds is 0. The maximum atomic E-state index is 5.30. The van der Waals surface area contributed by atoms with E-state index in [4.69, 9.17) is 9.47 Å². The summed E-state index contributed by atoms with van der Waals surface area (Å²) in [6, 6.07) is 7.66. The topological polar surface area (TPSA) is 30.5 Å². The highest BCUT2D eigenvalue weighted by Gasteiger charge is 1.99. The molecule has 0 unspecified atom stereocenters. The van der Waals surface area contributed by atoms with Crippen molar-refractivity contribution in [3.8, 4) is 5.75 Å². The van der Waals surface area contributed by atoms with Gasteiger partial charge in [-0.3, -0.25) is 0 Å².